The van der Waals surface area contributed by atoms with Crippen molar-refractivity contribution in [2.24, 2.45) is 0 Å². The maximum absolute atomic E-state index is 12.0. The molecule has 0 fully saturated rings. The number of benzene rings is 1. The van der Waals surface area contributed by atoms with Gasteiger partial charge in [-0.1, -0.05) is 24.3 Å². The van der Waals surface area contributed by atoms with Crippen LogP contribution in [0.3, 0.4) is 0 Å². The second-order valence-corrected chi connectivity index (χ2v) is 4.11. The smallest absolute Gasteiger partial charge is 0.170 e. The fraction of sp³-hybridized carbons (Fsp3) is 0.286. The molecule has 3 nitrogen and oxygen atoms in total. The zero-order valence-electron chi connectivity index (χ0n) is 10.2. The molecule has 0 N–H and O–H groups in total. The molecule has 1 aromatic carbocycles. The summed E-state index contributed by atoms with van der Waals surface area (Å²) in [6.45, 7) is 4.82. The van der Waals surface area contributed by atoms with Crippen LogP contribution in [0.2, 0.25) is 0 Å². The van der Waals surface area contributed by atoms with Crippen LogP contribution in [0.15, 0.2) is 36.7 Å². The number of hydrogen-bond donors (Lipinski definition) is 0. The van der Waals surface area contributed by atoms with Crippen LogP contribution in [-0.4, -0.2) is 15.6 Å². The van der Waals surface area contributed by atoms with Gasteiger partial charge in [0.15, 0.2) is 5.78 Å². The molecule has 0 aliphatic carbocycles. The van der Waals surface area contributed by atoms with Gasteiger partial charge in [-0.2, -0.15) is 5.10 Å². The van der Waals surface area contributed by atoms with Crippen molar-refractivity contribution in [3.8, 4) is 0 Å². The summed E-state index contributed by atoms with van der Waals surface area (Å²) < 4.78 is 1.77. The Kier molecular flexibility index (Phi) is 3.38. The van der Waals surface area contributed by atoms with Gasteiger partial charge >= 0.3 is 0 Å². The van der Waals surface area contributed by atoms with Crippen LogP contribution in [0.5, 0.6) is 0 Å². The van der Waals surface area contributed by atoms with Crippen LogP contribution < -0.4 is 0 Å². The Morgan fingerprint density at radius 1 is 1.35 bits per heavy atom. The van der Waals surface area contributed by atoms with Gasteiger partial charge in [0.25, 0.3) is 0 Å². The molecule has 0 unspecified atom stereocenters. The normalized spacial score (nSPS) is 10.5. The van der Waals surface area contributed by atoms with Crippen molar-refractivity contribution in [1.29, 1.82) is 0 Å². The summed E-state index contributed by atoms with van der Waals surface area (Å²) in [7, 11) is 0. The van der Waals surface area contributed by atoms with Gasteiger partial charge in [-0.25, -0.2) is 0 Å². The molecular weight excluding hydrogens is 212 g/mol. The molecule has 1 heterocycles. The largest absolute Gasteiger partial charge is 0.294 e. The number of aromatic nitrogens is 2. The van der Waals surface area contributed by atoms with E-state index in [1.807, 2.05) is 38.1 Å². The summed E-state index contributed by atoms with van der Waals surface area (Å²) in [5.41, 5.74) is 2.93. The number of carbonyl (C=O) groups excluding carboxylic acids is 1. The first kappa shape index (κ1) is 11.6. The molecule has 0 saturated heterocycles. The summed E-state index contributed by atoms with van der Waals surface area (Å²) in [5.74, 6) is 0.124. The highest BCUT2D eigenvalue weighted by Gasteiger charge is 2.10. The summed E-state index contributed by atoms with van der Waals surface area (Å²) in [4.78, 5) is 12.0. The highest BCUT2D eigenvalue weighted by Crippen LogP contribution is 2.11. The molecule has 17 heavy (non-hydrogen) atoms. The summed E-state index contributed by atoms with van der Waals surface area (Å²) in [6, 6.07) is 7.97. The van der Waals surface area contributed by atoms with E-state index in [9.17, 15) is 4.79 Å². The van der Waals surface area contributed by atoms with Crippen LogP contribution in [0.4, 0.5) is 0 Å². The van der Waals surface area contributed by atoms with Crippen LogP contribution in [0.25, 0.3) is 0 Å². The van der Waals surface area contributed by atoms with Crippen LogP contribution in [0, 0.1) is 6.92 Å². The van der Waals surface area contributed by atoms with Gasteiger partial charge in [-0.3, -0.25) is 9.48 Å². The predicted molar refractivity (Wildman–Crippen MR) is 67.1 cm³/mol. The number of Topliss-reactive ketones (excluding diaryl/α,β-unsaturated/α-hetero) is 1. The van der Waals surface area contributed by atoms with Gasteiger partial charge < -0.3 is 0 Å². The Morgan fingerprint density at radius 3 is 2.76 bits per heavy atom. The van der Waals surface area contributed by atoms with Crippen molar-refractivity contribution >= 4 is 5.78 Å². The molecule has 0 bridgehead atoms. The number of ketones is 1. The standard InChI is InChI=1S/C14H16N2O/c1-3-16-10-13(9-15-16)14(17)8-12-7-5-4-6-11(12)2/h4-7,9-10H,3,8H2,1-2H3. The van der Waals surface area contributed by atoms with Gasteiger partial charge in [0, 0.05) is 19.2 Å². The van der Waals surface area contributed by atoms with Crippen LogP contribution >= 0.6 is 0 Å². The Bertz CT molecular complexity index is 529. The van der Waals surface area contributed by atoms with Gasteiger partial charge in [-0.15, -0.1) is 0 Å². The van der Waals surface area contributed by atoms with E-state index in [0.29, 0.717) is 12.0 Å². The lowest BCUT2D eigenvalue weighted by Crippen LogP contribution is -2.04. The molecule has 88 valence electrons. The molecule has 2 aromatic rings. The maximum atomic E-state index is 12.0. The Balaban J connectivity index is 2.14. The molecule has 0 radical (unpaired) electrons. The summed E-state index contributed by atoms with van der Waals surface area (Å²) in [5, 5.41) is 4.12. The lowest BCUT2D eigenvalue weighted by atomic mass is 10.0. The SMILES string of the molecule is CCn1cc(C(=O)Cc2ccccc2C)cn1. The maximum Gasteiger partial charge on any atom is 0.170 e. The molecule has 0 amide bonds. The van der Waals surface area contributed by atoms with E-state index >= 15 is 0 Å². The third kappa shape index (κ3) is 2.61. The zero-order chi connectivity index (χ0) is 12.3. The first-order chi connectivity index (χ1) is 8.20. The Morgan fingerprint density at radius 2 is 2.12 bits per heavy atom. The zero-order valence-corrected chi connectivity index (χ0v) is 10.2. The first-order valence-electron chi connectivity index (χ1n) is 5.81. The van der Waals surface area contributed by atoms with Gasteiger partial charge in [0.1, 0.15) is 0 Å². The highest BCUT2D eigenvalue weighted by atomic mass is 16.1. The number of carbonyl (C=O) groups is 1. The molecular formula is C14H16N2O. The van der Waals surface area contributed by atoms with Crippen molar-refractivity contribution in [1.82, 2.24) is 9.78 Å². The Labute approximate surface area is 101 Å². The van der Waals surface area contributed by atoms with Gasteiger partial charge in [-0.05, 0) is 25.0 Å². The average Bonchev–Trinajstić information content (AvgIpc) is 2.81. The van der Waals surface area contributed by atoms with Crippen molar-refractivity contribution in [3.63, 3.8) is 0 Å². The lowest BCUT2D eigenvalue weighted by molar-refractivity contribution is 0.0992. The van der Waals surface area contributed by atoms with E-state index in [1.165, 1.54) is 0 Å². The topological polar surface area (TPSA) is 34.9 Å². The van der Waals surface area contributed by atoms with E-state index in [2.05, 4.69) is 5.10 Å². The van der Waals surface area contributed by atoms with E-state index in [0.717, 1.165) is 17.7 Å². The highest BCUT2D eigenvalue weighted by molar-refractivity contribution is 5.97. The first-order valence-corrected chi connectivity index (χ1v) is 5.81. The molecule has 3 heteroatoms. The number of rotatable bonds is 4. The molecule has 2 rings (SSSR count). The van der Waals surface area contributed by atoms with Gasteiger partial charge in [0.05, 0.1) is 11.8 Å². The number of hydrogen-bond acceptors (Lipinski definition) is 2. The minimum absolute atomic E-state index is 0.124. The van der Waals surface area contributed by atoms with Crippen molar-refractivity contribution in [2.75, 3.05) is 0 Å². The molecule has 0 atom stereocenters. The average molecular weight is 228 g/mol. The quantitative estimate of drug-likeness (QED) is 0.754. The van der Waals surface area contributed by atoms with E-state index in [1.54, 1.807) is 17.1 Å². The minimum atomic E-state index is 0.124. The summed E-state index contributed by atoms with van der Waals surface area (Å²) in [6.07, 6.45) is 3.90. The second kappa shape index (κ2) is 4.95. The fourth-order valence-corrected chi connectivity index (χ4v) is 1.76. The Hall–Kier alpha value is -1.90. The molecule has 0 aliphatic rings. The predicted octanol–water partition coefficient (Wildman–Crippen LogP) is 2.64. The molecule has 0 saturated carbocycles. The third-order valence-corrected chi connectivity index (χ3v) is 2.89. The van der Waals surface area contributed by atoms with Gasteiger partial charge in [0.2, 0.25) is 0 Å². The fourth-order valence-electron chi connectivity index (χ4n) is 1.76. The second-order valence-electron chi connectivity index (χ2n) is 4.11. The van der Waals surface area contributed by atoms with E-state index in [4.69, 9.17) is 0 Å². The molecule has 1 aromatic heterocycles. The lowest BCUT2D eigenvalue weighted by Gasteiger charge is -2.03. The molecule has 0 aliphatic heterocycles. The number of nitrogens with zero attached hydrogens (tertiary/aromatic N) is 2. The van der Waals surface area contributed by atoms with E-state index in [-0.39, 0.29) is 5.78 Å². The third-order valence-electron chi connectivity index (χ3n) is 2.89. The van der Waals surface area contributed by atoms with Crippen molar-refractivity contribution in [3.05, 3.63) is 53.3 Å². The summed E-state index contributed by atoms with van der Waals surface area (Å²) >= 11 is 0. The van der Waals surface area contributed by atoms with Crippen LogP contribution in [-0.2, 0) is 13.0 Å². The van der Waals surface area contributed by atoms with E-state index < -0.39 is 0 Å². The van der Waals surface area contributed by atoms with Crippen molar-refractivity contribution in [2.45, 2.75) is 26.8 Å². The van der Waals surface area contributed by atoms with Crippen molar-refractivity contribution < 1.29 is 4.79 Å². The molecule has 0 spiro atoms. The monoisotopic (exact) mass is 228 g/mol. The van der Waals surface area contributed by atoms with Crippen LogP contribution in [0.1, 0.15) is 28.4 Å². The minimum Gasteiger partial charge on any atom is -0.294 e. The number of aryl methyl sites for hydroxylation is 2.